The smallest absolute Gasteiger partial charge is 0.228 e. The molecule has 5 nitrogen and oxygen atoms in total. The normalized spacial score (nSPS) is 17.8. The molecular weight excluding hydrogens is 320 g/mol. The fourth-order valence-electron chi connectivity index (χ4n) is 3.37. The van der Waals surface area contributed by atoms with Gasteiger partial charge in [-0.15, -0.1) is 11.3 Å². The summed E-state index contributed by atoms with van der Waals surface area (Å²) in [6.45, 7) is 9.88. The third-order valence-corrected chi connectivity index (χ3v) is 5.61. The minimum absolute atomic E-state index is 0.207. The minimum atomic E-state index is 0.207. The highest BCUT2D eigenvalue weighted by Gasteiger charge is 2.26. The van der Waals surface area contributed by atoms with E-state index < -0.39 is 0 Å². The molecule has 0 saturated heterocycles. The van der Waals surface area contributed by atoms with Crippen LogP contribution in [0.15, 0.2) is 29.9 Å². The Morgan fingerprint density at radius 2 is 2.21 bits per heavy atom. The summed E-state index contributed by atoms with van der Waals surface area (Å²) in [4.78, 5) is 22.8. The number of nitrogens with zero attached hydrogens (tertiary/aromatic N) is 4. The molecule has 1 atom stereocenters. The fraction of sp³-hybridized carbons (Fsp3) is 0.556. The molecule has 130 valence electrons. The second-order valence-electron chi connectivity index (χ2n) is 6.38. The van der Waals surface area contributed by atoms with Gasteiger partial charge in [0, 0.05) is 42.8 Å². The molecule has 1 amide bonds. The first-order valence-electron chi connectivity index (χ1n) is 8.72. The number of amides is 1. The molecule has 3 rings (SSSR count). The van der Waals surface area contributed by atoms with Crippen molar-refractivity contribution in [3.05, 3.63) is 40.6 Å². The van der Waals surface area contributed by atoms with E-state index in [0.29, 0.717) is 18.9 Å². The molecule has 1 aliphatic rings. The number of aromatic nitrogens is 2. The van der Waals surface area contributed by atoms with Gasteiger partial charge in [0.25, 0.3) is 0 Å². The highest BCUT2D eigenvalue weighted by molar-refractivity contribution is 7.10. The monoisotopic (exact) mass is 346 g/mol. The lowest BCUT2D eigenvalue weighted by molar-refractivity contribution is -0.131. The predicted molar refractivity (Wildman–Crippen MR) is 96.9 cm³/mol. The van der Waals surface area contributed by atoms with Crippen molar-refractivity contribution < 1.29 is 4.79 Å². The zero-order valence-electron chi connectivity index (χ0n) is 14.5. The average Bonchev–Trinajstić information content (AvgIpc) is 3.21. The Labute approximate surface area is 147 Å². The number of hydrogen-bond donors (Lipinski definition) is 0. The van der Waals surface area contributed by atoms with Crippen LogP contribution in [-0.2, 0) is 24.3 Å². The molecule has 0 radical (unpaired) electrons. The first-order chi connectivity index (χ1) is 11.7. The van der Waals surface area contributed by atoms with E-state index in [4.69, 9.17) is 0 Å². The van der Waals surface area contributed by atoms with Gasteiger partial charge in [0.05, 0.1) is 13.0 Å². The van der Waals surface area contributed by atoms with Crippen molar-refractivity contribution in [1.82, 2.24) is 19.4 Å². The summed E-state index contributed by atoms with van der Waals surface area (Å²) in [7, 11) is 0. The summed E-state index contributed by atoms with van der Waals surface area (Å²) in [6, 6.07) is 4.04. The number of fused-ring (bicyclic) bond motifs is 1. The quantitative estimate of drug-likeness (QED) is 0.807. The molecule has 3 heterocycles. The summed E-state index contributed by atoms with van der Waals surface area (Å²) in [5, 5.41) is 2.03. The summed E-state index contributed by atoms with van der Waals surface area (Å²) in [5.74, 6) is 1.64. The second kappa shape index (κ2) is 7.94. The molecule has 0 aliphatic carbocycles. The van der Waals surface area contributed by atoms with E-state index in [0.717, 1.165) is 43.4 Å². The van der Waals surface area contributed by atoms with Gasteiger partial charge in [0.1, 0.15) is 5.82 Å². The standard InChI is InChI=1S/C18H26N4OS/c1-3-20(4-2)11-15-12-21-8-7-19-17(21)14-22(13-15)18(23)10-16-6-5-9-24-16/h5-9,15H,3-4,10-14H2,1-2H3. The molecule has 2 aromatic rings. The third kappa shape index (κ3) is 4.05. The van der Waals surface area contributed by atoms with E-state index in [2.05, 4.69) is 28.3 Å². The van der Waals surface area contributed by atoms with Gasteiger partial charge in [-0.3, -0.25) is 4.79 Å². The Morgan fingerprint density at radius 1 is 1.38 bits per heavy atom. The van der Waals surface area contributed by atoms with Crippen LogP contribution in [0.4, 0.5) is 0 Å². The Morgan fingerprint density at radius 3 is 2.92 bits per heavy atom. The summed E-state index contributed by atoms with van der Waals surface area (Å²) in [6.07, 6.45) is 4.38. The van der Waals surface area contributed by atoms with Gasteiger partial charge < -0.3 is 14.4 Å². The van der Waals surface area contributed by atoms with Crippen LogP contribution in [0.5, 0.6) is 0 Å². The van der Waals surface area contributed by atoms with E-state index in [9.17, 15) is 4.79 Å². The molecule has 2 aromatic heterocycles. The molecule has 0 bridgehead atoms. The van der Waals surface area contributed by atoms with Crippen molar-refractivity contribution in [2.75, 3.05) is 26.2 Å². The Kier molecular flexibility index (Phi) is 5.68. The Balaban J connectivity index is 1.74. The van der Waals surface area contributed by atoms with E-state index in [-0.39, 0.29) is 5.91 Å². The summed E-state index contributed by atoms with van der Waals surface area (Å²) in [5.41, 5.74) is 0. The molecule has 1 aliphatic heterocycles. The average molecular weight is 347 g/mol. The topological polar surface area (TPSA) is 41.4 Å². The van der Waals surface area contributed by atoms with Crippen molar-refractivity contribution >= 4 is 17.2 Å². The van der Waals surface area contributed by atoms with Gasteiger partial charge in [-0.05, 0) is 24.5 Å². The van der Waals surface area contributed by atoms with Gasteiger partial charge in [0.2, 0.25) is 5.91 Å². The van der Waals surface area contributed by atoms with Crippen molar-refractivity contribution in [2.45, 2.75) is 33.4 Å². The first-order valence-corrected chi connectivity index (χ1v) is 9.60. The number of rotatable bonds is 6. The van der Waals surface area contributed by atoms with Gasteiger partial charge in [-0.2, -0.15) is 0 Å². The number of imidazole rings is 1. The number of carbonyl (C=O) groups excluding carboxylic acids is 1. The van der Waals surface area contributed by atoms with Crippen LogP contribution < -0.4 is 0 Å². The van der Waals surface area contributed by atoms with Gasteiger partial charge in [-0.1, -0.05) is 19.9 Å². The Bertz CT molecular complexity index is 648. The van der Waals surface area contributed by atoms with Crippen molar-refractivity contribution in [3.8, 4) is 0 Å². The molecule has 0 spiro atoms. The number of thiophene rings is 1. The molecule has 6 heteroatoms. The maximum atomic E-state index is 12.8. The number of hydrogen-bond acceptors (Lipinski definition) is 4. The maximum absolute atomic E-state index is 12.8. The van der Waals surface area contributed by atoms with Gasteiger partial charge >= 0.3 is 0 Å². The molecule has 0 fully saturated rings. The van der Waals surface area contributed by atoms with E-state index in [1.807, 2.05) is 34.8 Å². The lowest BCUT2D eigenvalue weighted by Crippen LogP contribution is -2.39. The SMILES string of the molecule is CCN(CC)CC1CN(C(=O)Cc2cccs2)Cc2nccn2C1. The number of carbonyl (C=O) groups is 1. The largest absolute Gasteiger partial charge is 0.335 e. The molecular formula is C18H26N4OS. The van der Waals surface area contributed by atoms with Crippen LogP contribution in [0.3, 0.4) is 0 Å². The lowest BCUT2D eigenvalue weighted by atomic mass is 10.1. The fourth-order valence-corrected chi connectivity index (χ4v) is 4.06. The highest BCUT2D eigenvalue weighted by atomic mass is 32.1. The van der Waals surface area contributed by atoms with Crippen molar-refractivity contribution in [1.29, 1.82) is 0 Å². The van der Waals surface area contributed by atoms with Crippen LogP contribution in [-0.4, -0.2) is 51.4 Å². The maximum Gasteiger partial charge on any atom is 0.228 e. The van der Waals surface area contributed by atoms with E-state index >= 15 is 0 Å². The van der Waals surface area contributed by atoms with Gasteiger partial charge in [-0.25, -0.2) is 4.98 Å². The van der Waals surface area contributed by atoms with E-state index in [1.54, 1.807) is 11.3 Å². The minimum Gasteiger partial charge on any atom is -0.335 e. The van der Waals surface area contributed by atoms with Crippen LogP contribution in [0.1, 0.15) is 24.5 Å². The van der Waals surface area contributed by atoms with Crippen LogP contribution in [0.25, 0.3) is 0 Å². The molecule has 24 heavy (non-hydrogen) atoms. The Hall–Kier alpha value is -1.66. The zero-order chi connectivity index (χ0) is 16.9. The van der Waals surface area contributed by atoms with Crippen LogP contribution >= 0.6 is 11.3 Å². The molecule has 0 N–H and O–H groups in total. The third-order valence-electron chi connectivity index (χ3n) is 4.74. The highest BCUT2D eigenvalue weighted by Crippen LogP contribution is 2.19. The lowest BCUT2D eigenvalue weighted by Gasteiger charge is -2.28. The van der Waals surface area contributed by atoms with E-state index in [1.165, 1.54) is 0 Å². The molecule has 1 unspecified atom stereocenters. The van der Waals surface area contributed by atoms with Crippen LogP contribution in [0.2, 0.25) is 0 Å². The molecule has 0 aromatic carbocycles. The zero-order valence-corrected chi connectivity index (χ0v) is 15.3. The second-order valence-corrected chi connectivity index (χ2v) is 7.41. The summed E-state index contributed by atoms with van der Waals surface area (Å²) >= 11 is 1.65. The van der Waals surface area contributed by atoms with Gasteiger partial charge in [0.15, 0.2) is 0 Å². The van der Waals surface area contributed by atoms with Crippen molar-refractivity contribution in [3.63, 3.8) is 0 Å². The van der Waals surface area contributed by atoms with Crippen LogP contribution in [0, 0.1) is 5.92 Å². The molecule has 0 saturated carbocycles. The first kappa shape index (κ1) is 17.2. The summed E-state index contributed by atoms with van der Waals surface area (Å²) < 4.78 is 2.21. The van der Waals surface area contributed by atoms with Crippen molar-refractivity contribution in [2.24, 2.45) is 5.92 Å². The predicted octanol–water partition coefficient (Wildman–Crippen LogP) is 2.49.